The van der Waals surface area contributed by atoms with Crippen LogP contribution in [-0.4, -0.2) is 11.6 Å². The lowest BCUT2D eigenvalue weighted by Crippen LogP contribution is -2.40. The van der Waals surface area contributed by atoms with Crippen LogP contribution in [0.1, 0.15) is 45.1 Å². The number of fused-ring (bicyclic) bond motifs is 1. The number of rotatable bonds is 1. The maximum atomic E-state index is 12.6. The van der Waals surface area contributed by atoms with Gasteiger partial charge in [-0.25, -0.2) is 0 Å². The van der Waals surface area contributed by atoms with Crippen LogP contribution in [0.4, 0.5) is 0 Å². The Balaban J connectivity index is 2.12. The van der Waals surface area contributed by atoms with E-state index in [1.54, 1.807) is 0 Å². The predicted octanol–water partition coefficient (Wildman–Crippen LogP) is 3.67. The van der Waals surface area contributed by atoms with E-state index >= 15 is 0 Å². The molecule has 0 bridgehead atoms. The van der Waals surface area contributed by atoms with Gasteiger partial charge in [0.15, 0.2) is 5.78 Å². The molecule has 3 rings (SSSR count). The maximum absolute atomic E-state index is 12.6. The van der Waals surface area contributed by atoms with Crippen molar-refractivity contribution in [2.75, 3.05) is 0 Å². The fraction of sp³-hybridized carbons (Fsp3) is 0.444. The zero-order chi connectivity index (χ0) is 14.5. The lowest BCUT2D eigenvalue weighted by atomic mass is 9.57. The summed E-state index contributed by atoms with van der Waals surface area (Å²) in [4.78, 5) is 24.7. The van der Waals surface area contributed by atoms with Gasteiger partial charge in [0, 0.05) is 18.3 Å². The Labute approximate surface area is 119 Å². The van der Waals surface area contributed by atoms with Gasteiger partial charge in [0.05, 0.1) is 5.92 Å². The van der Waals surface area contributed by atoms with Crippen LogP contribution in [0.25, 0.3) is 0 Å². The highest BCUT2D eigenvalue weighted by atomic mass is 16.1. The van der Waals surface area contributed by atoms with Crippen LogP contribution < -0.4 is 0 Å². The summed E-state index contributed by atoms with van der Waals surface area (Å²) < 4.78 is 0. The average molecular weight is 268 g/mol. The molecule has 2 aliphatic carbocycles. The van der Waals surface area contributed by atoms with Gasteiger partial charge in [0.2, 0.25) is 0 Å². The summed E-state index contributed by atoms with van der Waals surface area (Å²) in [5, 5.41) is 0. The van der Waals surface area contributed by atoms with E-state index in [1.807, 2.05) is 36.4 Å². The first-order valence-corrected chi connectivity index (χ1v) is 7.18. The van der Waals surface area contributed by atoms with Crippen molar-refractivity contribution in [2.45, 2.75) is 39.5 Å². The molecule has 0 unspecified atom stereocenters. The molecule has 20 heavy (non-hydrogen) atoms. The van der Waals surface area contributed by atoms with Crippen LogP contribution in [0, 0.1) is 10.8 Å². The van der Waals surface area contributed by atoms with Gasteiger partial charge >= 0.3 is 0 Å². The van der Waals surface area contributed by atoms with Gasteiger partial charge in [-0.05, 0) is 17.1 Å². The number of benzene rings is 1. The molecule has 0 heterocycles. The van der Waals surface area contributed by atoms with Gasteiger partial charge in [-0.1, -0.05) is 56.7 Å². The minimum atomic E-state index is -0.350. The quantitative estimate of drug-likeness (QED) is 0.778. The molecule has 104 valence electrons. The number of carbonyl (C=O) groups is 2. The van der Waals surface area contributed by atoms with E-state index in [2.05, 4.69) is 20.8 Å². The number of Topliss-reactive ketones (excluding diaryl/α,β-unsaturated/α-hetero) is 1. The van der Waals surface area contributed by atoms with E-state index in [1.165, 1.54) is 0 Å². The van der Waals surface area contributed by atoms with Crippen LogP contribution in [0.3, 0.4) is 0 Å². The van der Waals surface area contributed by atoms with Gasteiger partial charge in [0.25, 0.3) is 0 Å². The van der Waals surface area contributed by atoms with Crippen LogP contribution in [0.2, 0.25) is 0 Å². The highest BCUT2D eigenvalue weighted by Gasteiger charge is 2.55. The first kappa shape index (κ1) is 13.3. The summed E-state index contributed by atoms with van der Waals surface area (Å²) in [5.41, 5.74) is 1.63. The van der Waals surface area contributed by atoms with Crippen molar-refractivity contribution < 1.29 is 9.59 Å². The maximum Gasteiger partial charge on any atom is 0.164 e. The standard InChI is InChI=1S/C18H20O2/c1-17(2)10-13(19)11-18(3)15(17)9-14(20)16(18)12-7-5-4-6-8-12/h4-9,16H,10-11H2,1-3H3/t16-,18-/m1/s1. The van der Waals surface area contributed by atoms with Gasteiger partial charge in [-0.15, -0.1) is 0 Å². The highest BCUT2D eigenvalue weighted by Crippen LogP contribution is 2.59. The largest absolute Gasteiger partial charge is 0.300 e. The van der Waals surface area contributed by atoms with E-state index in [9.17, 15) is 9.59 Å². The molecule has 0 amide bonds. The minimum Gasteiger partial charge on any atom is -0.300 e. The second kappa shape index (κ2) is 4.15. The lowest BCUT2D eigenvalue weighted by molar-refractivity contribution is -0.125. The van der Waals surface area contributed by atoms with Crippen LogP contribution in [0.5, 0.6) is 0 Å². The summed E-state index contributed by atoms with van der Waals surface area (Å²) in [5.74, 6) is 0.212. The smallest absolute Gasteiger partial charge is 0.164 e. The molecule has 0 spiro atoms. The molecule has 0 N–H and O–H groups in total. The second-order valence-corrected chi connectivity index (χ2v) is 7.00. The van der Waals surface area contributed by atoms with Crippen LogP contribution >= 0.6 is 0 Å². The number of carbonyl (C=O) groups excluding carboxylic acids is 2. The summed E-state index contributed by atoms with van der Waals surface area (Å²) in [6, 6.07) is 9.86. The molecule has 2 aliphatic rings. The minimum absolute atomic E-state index is 0.150. The van der Waals surface area contributed by atoms with Crippen molar-refractivity contribution in [1.29, 1.82) is 0 Å². The molecule has 0 saturated heterocycles. The molecule has 1 fully saturated rings. The molecule has 2 atom stereocenters. The van der Waals surface area contributed by atoms with E-state index in [0.717, 1.165) is 11.1 Å². The summed E-state index contributed by atoms with van der Waals surface area (Å²) in [7, 11) is 0. The second-order valence-electron chi connectivity index (χ2n) is 7.00. The van der Waals surface area contributed by atoms with Crippen LogP contribution in [0.15, 0.2) is 42.0 Å². The Hall–Kier alpha value is -1.70. The molecular formula is C18H20O2. The van der Waals surface area contributed by atoms with Crippen molar-refractivity contribution in [1.82, 2.24) is 0 Å². The summed E-state index contributed by atoms with van der Waals surface area (Å²) in [6.07, 6.45) is 2.83. The van der Waals surface area contributed by atoms with E-state index in [0.29, 0.717) is 12.8 Å². The Morgan fingerprint density at radius 2 is 1.65 bits per heavy atom. The monoisotopic (exact) mass is 268 g/mol. The fourth-order valence-electron chi connectivity index (χ4n) is 4.26. The lowest BCUT2D eigenvalue weighted by Gasteiger charge is -2.45. The number of hydrogen-bond acceptors (Lipinski definition) is 2. The Bertz CT molecular complexity index is 610. The van der Waals surface area contributed by atoms with Crippen molar-refractivity contribution >= 4 is 11.6 Å². The topological polar surface area (TPSA) is 34.1 Å². The molecular weight excluding hydrogens is 248 g/mol. The zero-order valence-electron chi connectivity index (χ0n) is 12.3. The summed E-state index contributed by atoms with van der Waals surface area (Å²) in [6.45, 7) is 6.24. The van der Waals surface area contributed by atoms with Crippen molar-refractivity contribution in [3.05, 3.63) is 47.5 Å². The van der Waals surface area contributed by atoms with Gasteiger partial charge < -0.3 is 0 Å². The molecule has 0 aromatic heterocycles. The van der Waals surface area contributed by atoms with Crippen molar-refractivity contribution in [2.24, 2.45) is 10.8 Å². The highest BCUT2D eigenvalue weighted by molar-refractivity contribution is 6.02. The van der Waals surface area contributed by atoms with Gasteiger partial charge in [-0.2, -0.15) is 0 Å². The molecule has 1 saturated carbocycles. The zero-order valence-corrected chi connectivity index (χ0v) is 12.3. The third-order valence-electron chi connectivity index (χ3n) is 4.89. The Morgan fingerprint density at radius 1 is 1.00 bits per heavy atom. The van der Waals surface area contributed by atoms with Crippen molar-refractivity contribution in [3.8, 4) is 0 Å². The molecule has 0 radical (unpaired) electrons. The molecule has 2 heteroatoms. The average Bonchev–Trinajstić information content (AvgIpc) is 2.61. The normalized spacial score (nSPS) is 31.9. The third kappa shape index (κ3) is 1.78. The first-order chi connectivity index (χ1) is 9.34. The first-order valence-electron chi connectivity index (χ1n) is 7.18. The third-order valence-corrected chi connectivity index (χ3v) is 4.89. The SMILES string of the molecule is CC1(C)CC(=O)C[C@]2(C)C1=CC(=O)[C@H]2c1ccccc1. The fourth-order valence-corrected chi connectivity index (χ4v) is 4.26. The Morgan fingerprint density at radius 3 is 2.30 bits per heavy atom. The number of ketones is 2. The van der Waals surface area contributed by atoms with Crippen LogP contribution in [-0.2, 0) is 9.59 Å². The number of allylic oxidation sites excluding steroid dienone is 2. The van der Waals surface area contributed by atoms with Crippen molar-refractivity contribution in [3.63, 3.8) is 0 Å². The molecule has 1 aromatic rings. The van der Waals surface area contributed by atoms with E-state index in [4.69, 9.17) is 0 Å². The Kier molecular flexibility index (Phi) is 2.75. The molecule has 2 nitrogen and oxygen atoms in total. The van der Waals surface area contributed by atoms with Gasteiger partial charge in [-0.3, -0.25) is 9.59 Å². The van der Waals surface area contributed by atoms with E-state index in [-0.39, 0.29) is 28.3 Å². The molecule has 1 aromatic carbocycles. The number of hydrogen-bond donors (Lipinski definition) is 0. The predicted molar refractivity (Wildman–Crippen MR) is 78.4 cm³/mol. The summed E-state index contributed by atoms with van der Waals surface area (Å²) >= 11 is 0. The van der Waals surface area contributed by atoms with Gasteiger partial charge in [0.1, 0.15) is 5.78 Å². The molecule has 0 aliphatic heterocycles. The van der Waals surface area contributed by atoms with E-state index < -0.39 is 0 Å².